The first-order valence-corrected chi connectivity index (χ1v) is 8.96. The van der Waals surface area contributed by atoms with Gasteiger partial charge in [0.1, 0.15) is 0 Å². The predicted molar refractivity (Wildman–Crippen MR) is 97.0 cm³/mol. The summed E-state index contributed by atoms with van der Waals surface area (Å²) in [6.07, 6.45) is 0. The molecule has 0 unspecified atom stereocenters. The molecule has 0 fully saturated rings. The predicted octanol–water partition coefficient (Wildman–Crippen LogP) is 3.16. The Morgan fingerprint density at radius 1 is 0.778 bits per heavy atom. The lowest BCUT2D eigenvalue weighted by molar-refractivity contribution is 0.170. The van der Waals surface area contributed by atoms with Gasteiger partial charge in [-0.05, 0) is 29.8 Å². The minimum Gasteiger partial charge on any atom is -0.493 e. The van der Waals surface area contributed by atoms with Gasteiger partial charge in [0.05, 0.1) is 14.2 Å². The van der Waals surface area contributed by atoms with Crippen LogP contribution in [0.15, 0.2) is 12.1 Å². The Labute approximate surface area is 157 Å². The molecule has 2 aromatic carbocycles. The van der Waals surface area contributed by atoms with Crippen molar-refractivity contribution in [1.29, 1.82) is 0 Å². The van der Waals surface area contributed by atoms with Gasteiger partial charge in [0, 0.05) is 24.2 Å². The van der Waals surface area contributed by atoms with Gasteiger partial charge in [0.2, 0.25) is 25.1 Å². The van der Waals surface area contributed by atoms with E-state index in [1.165, 1.54) is 0 Å². The van der Waals surface area contributed by atoms with Crippen molar-refractivity contribution in [2.45, 2.75) is 20.0 Å². The van der Waals surface area contributed by atoms with Crippen molar-refractivity contribution in [1.82, 2.24) is 4.90 Å². The molecule has 142 valence electrons. The van der Waals surface area contributed by atoms with Gasteiger partial charge in [-0.25, -0.2) is 0 Å². The molecule has 0 amide bonds. The second-order valence-corrected chi connectivity index (χ2v) is 6.66. The molecule has 0 bridgehead atoms. The van der Waals surface area contributed by atoms with Gasteiger partial charge in [-0.3, -0.25) is 4.90 Å². The molecule has 0 aliphatic carbocycles. The summed E-state index contributed by atoms with van der Waals surface area (Å²) in [5.74, 6) is 4.04. The maximum Gasteiger partial charge on any atom is 0.231 e. The fourth-order valence-corrected chi connectivity index (χ4v) is 4.04. The number of nitrogens with zero attached hydrogens (tertiary/aromatic N) is 1. The molecule has 0 saturated carbocycles. The van der Waals surface area contributed by atoms with E-state index in [0.29, 0.717) is 34.5 Å². The zero-order valence-corrected chi connectivity index (χ0v) is 15.6. The highest BCUT2D eigenvalue weighted by Gasteiger charge is 2.36. The quantitative estimate of drug-likeness (QED) is 0.821. The van der Waals surface area contributed by atoms with Gasteiger partial charge >= 0.3 is 0 Å². The van der Waals surface area contributed by atoms with Crippen LogP contribution in [0, 0.1) is 0 Å². The third kappa shape index (κ3) is 2.31. The number of ether oxygens (including phenoxy) is 6. The fourth-order valence-electron chi connectivity index (χ4n) is 4.04. The Bertz CT molecular complexity index is 852. The van der Waals surface area contributed by atoms with Crippen molar-refractivity contribution in [2.75, 3.05) is 34.4 Å². The van der Waals surface area contributed by atoms with Crippen LogP contribution in [0.4, 0.5) is 0 Å². The zero-order valence-electron chi connectivity index (χ0n) is 15.6. The van der Waals surface area contributed by atoms with Crippen LogP contribution in [0.1, 0.15) is 18.1 Å². The summed E-state index contributed by atoms with van der Waals surface area (Å²) in [6, 6.07) is 4.07. The third-order valence-corrected chi connectivity index (χ3v) is 5.31. The largest absolute Gasteiger partial charge is 0.493 e. The van der Waals surface area contributed by atoms with Crippen LogP contribution >= 0.6 is 0 Å². The molecule has 27 heavy (non-hydrogen) atoms. The molecule has 0 aromatic heterocycles. The molecule has 3 aliphatic rings. The van der Waals surface area contributed by atoms with Gasteiger partial charge in [-0.15, -0.1) is 0 Å². The first-order valence-electron chi connectivity index (χ1n) is 8.96. The van der Waals surface area contributed by atoms with E-state index in [2.05, 4.69) is 11.8 Å². The molecule has 3 heterocycles. The second kappa shape index (κ2) is 6.13. The summed E-state index contributed by atoms with van der Waals surface area (Å²) in [5, 5.41) is 0. The maximum atomic E-state index is 5.89. The van der Waals surface area contributed by atoms with Crippen molar-refractivity contribution >= 4 is 0 Å². The van der Waals surface area contributed by atoms with E-state index in [1.54, 1.807) is 14.2 Å². The average Bonchev–Trinajstić information content (AvgIpc) is 3.33. The van der Waals surface area contributed by atoms with Crippen molar-refractivity contribution in [3.63, 3.8) is 0 Å². The Kier molecular flexibility index (Phi) is 3.72. The van der Waals surface area contributed by atoms with E-state index in [0.717, 1.165) is 41.9 Å². The van der Waals surface area contributed by atoms with E-state index >= 15 is 0 Å². The molecule has 7 nitrogen and oxygen atoms in total. The van der Waals surface area contributed by atoms with Crippen LogP contribution in [0.3, 0.4) is 0 Å². The smallest absolute Gasteiger partial charge is 0.231 e. The number of hydrogen-bond donors (Lipinski definition) is 0. The average molecular weight is 371 g/mol. The van der Waals surface area contributed by atoms with Crippen LogP contribution in [0.5, 0.6) is 34.5 Å². The summed E-state index contributed by atoms with van der Waals surface area (Å²) >= 11 is 0. The van der Waals surface area contributed by atoms with Crippen LogP contribution < -0.4 is 28.4 Å². The van der Waals surface area contributed by atoms with E-state index in [1.807, 2.05) is 12.1 Å². The van der Waals surface area contributed by atoms with Crippen molar-refractivity contribution in [2.24, 2.45) is 0 Å². The minimum atomic E-state index is 0.171. The normalized spacial score (nSPS) is 16.6. The summed E-state index contributed by atoms with van der Waals surface area (Å²) in [6.45, 7) is 4.94. The first kappa shape index (κ1) is 16.4. The standard InChI is InChI=1S/C20H21NO6/c1-4-21-7-11-5-13(22-2)17-19(26-9-24-17)15(11)16-12(8-21)6-14(23-3)18-20(16)27-10-25-18/h5-6H,4,7-10H2,1-3H3. The van der Waals surface area contributed by atoms with Gasteiger partial charge in [-0.2, -0.15) is 0 Å². The van der Waals surface area contributed by atoms with E-state index in [-0.39, 0.29) is 13.6 Å². The van der Waals surface area contributed by atoms with E-state index in [4.69, 9.17) is 28.4 Å². The number of benzene rings is 2. The number of rotatable bonds is 3. The lowest BCUT2D eigenvalue weighted by Gasteiger charge is -2.19. The first-order chi connectivity index (χ1) is 13.2. The molecule has 0 atom stereocenters. The highest BCUT2D eigenvalue weighted by molar-refractivity contribution is 5.89. The number of hydrogen-bond acceptors (Lipinski definition) is 7. The van der Waals surface area contributed by atoms with Crippen molar-refractivity contribution < 1.29 is 28.4 Å². The third-order valence-electron chi connectivity index (χ3n) is 5.31. The van der Waals surface area contributed by atoms with Crippen LogP contribution in [0.25, 0.3) is 11.1 Å². The molecule has 7 heteroatoms. The van der Waals surface area contributed by atoms with Crippen LogP contribution in [0.2, 0.25) is 0 Å². The van der Waals surface area contributed by atoms with Crippen molar-refractivity contribution in [3.8, 4) is 45.6 Å². The SMILES string of the molecule is CCN1Cc2cc(OC)c3c(c2-c2c(cc(OC)c4c2OCO4)C1)OCO3. The monoisotopic (exact) mass is 371 g/mol. The fraction of sp³-hybridized carbons (Fsp3) is 0.400. The Morgan fingerprint density at radius 3 is 1.63 bits per heavy atom. The van der Waals surface area contributed by atoms with E-state index in [9.17, 15) is 0 Å². The van der Waals surface area contributed by atoms with Gasteiger partial charge in [0.25, 0.3) is 0 Å². The molecule has 2 aromatic rings. The lowest BCUT2D eigenvalue weighted by Crippen LogP contribution is -2.21. The van der Waals surface area contributed by atoms with Gasteiger partial charge < -0.3 is 28.4 Å². The molecular weight excluding hydrogens is 350 g/mol. The van der Waals surface area contributed by atoms with E-state index < -0.39 is 0 Å². The van der Waals surface area contributed by atoms with Crippen LogP contribution in [-0.4, -0.2) is 39.3 Å². The van der Waals surface area contributed by atoms with Gasteiger partial charge in [0.15, 0.2) is 23.0 Å². The van der Waals surface area contributed by atoms with Crippen molar-refractivity contribution in [3.05, 3.63) is 23.3 Å². The van der Waals surface area contributed by atoms with Gasteiger partial charge in [-0.1, -0.05) is 6.92 Å². The summed E-state index contributed by atoms with van der Waals surface area (Å²) < 4.78 is 34.3. The summed E-state index contributed by atoms with van der Waals surface area (Å²) in [5.41, 5.74) is 4.19. The summed E-state index contributed by atoms with van der Waals surface area (Å²) in [7, 11) is 3.29. The number of methoxy groups -OCH3 is 2. The maximum absolute atomic E-state index is 5.89. The number of fused-ring (bicyclic) bond motifs is 7. The topological polar surface area (TPSA) is 58.6 Å². The molecule has 0 N–H and O–H groups in total. The molecule has 0 radical (unpaired) electrons. The zero-order chi connectivity index (χ0) is 18.5. The van der Waals surface area contributed by atoms with Crippen LogP contribution in [-0.2, 0) is 13.1 Å². The Balaban J connectivity index is 1.85. The molecule has 0 saturated heterocycles. The molecule has 3 aliphatic heterocycles. The minimum absolute atomic E-state index is 0.171. The highest BCUT2D eigenvalue weighted by Crippen LogP contribution is 2.57. The lowest BCUT2D eigenvalue weighted by atomic mass is 9.93. The Morgan fingerprint density at radius 2 is 1.22 bits per heavy atom. The summed E-state index contributed by atoms with van der Waals surface area (Å²) in [4.78, 5) is 2.36. The molecule has 5 rings (SSSR count). The highest BCUT2D eigenvalue weighted by atomic mass is 16.7. The molecular formula is C20H21NO6. The second-order valence-electron chi connectivity index (χ2n) is 6.66. The molecule has 0 spiro atoms. The Hall–Kier alpha value is -2.80.